The number of allylic oxidation sites excluding steroid dienone is 2. The van der Waals surface area contributed by atoms with Gasteiger partial charge in [0.2, 0.25) is 5.91 Å². The van der Waals surface area contributed by atoms with Gasteiger partial charge in [0.05, 0.1) is 25.4 Å². The van der Waals surface area contributed by atoms with Gasteiger partial charge >= 0.3 is 0 Å². The number of rotatable bonds is 32. The fourth-order valence-corrected chi connectivity index (χ4v) is 6.33. The maximum absolute atomic E-state index is 12.8. The van der Waals surface area contributed by atoms with Gasteiger partial charge in [-0.2, -0.15) is 0 Å². The van der Waals surface area contributed by atoms with Crippen molar-refractivity contribution in [3.63, 3.8) is 0 Å². The molecule has 0 radical (unpaired) electrons. The van der Waals surface area contributed by atoms with Crippen LogP contribution in [0.15, 0.2) is 12.2 Å². The number of ether oxygens (including phenoxy) is 2. The van der Waals surface area contributed by atoms with Crippen molar-refractivity contribution < 1.29 is 39.8 Å². The summed E-state index contributed by atoms with van der Waals surface area (Å²) in [6, 6.07) is -0.727. The number of aliphatic hydroxyl groups is 5. The van der Waals surface area contributed by atoms with Gasteiger partial charge in [-0.05, 0) is 38.5 Å². The van der Waals surface area contributed by atoms with E-state index in [1.54, 1.807) is 0 Å². The number of nitrogens with one attached hydrogen (secondary N) is 1. The van der Waals surface area contributed by atoms with Crippen LogP contribution < -0.4 is 5.32 Å². The summed E-state index contributed by atoms with van der Waals surface area (Å²) in [6.45, 7) is 3.78. The number of aliphatic hydroxyl groups excluding tert-OH is 5. The van der Waals surface area contributed by atoms with Gasteiger partial charge < -0.3 is 40.3 Å². The van der Waals surface area contributed by atoms with Gasteiger partial charge in [0.25, 0.3) is 0 Å². The summed E-state index contributed by atoms with van der Waals surface area (Å²) in [5.41, 5.74) is 0. The lowest BCUT2D eigenvalue weighted by molar-refractivity contribution is -0.302. The third kappa shape index (κ3) is 21.9. The molecule has 0 bridgehead atoms. The lowest BCUT2D eigenvalue weighted by Crippen LogP contribution is -2.60. The lowest BCUT2D eigenvalue weighted by Gasteiger charge is -2.40. The van der Waals surface area contributed by atoms with Gasteiger partial charge in [0, 0.05) is 6.42 Å². The van der Waals surface area contributed by atoms with E-state index in [-0.39, 0.29) is 12.5 Å². The molecule has 9 heteroatoms. The first-order valence-corrected chi connectivity index (χ1v) is 19.9. The van der Waals surface area contributed by atoms with E-state index in [0.717, 1.165) is 44.9 Å². The van der Waals surface area contributed by atoms with Crippen molar-refractivity contribution in [1.29, 1.82) is 0 Å². The van der Waals surface area contributed by atoms with E-state index in [4.69, 9.17) is 9.47 Å². The summed E-state index contributed by atoms with van der Waals surface area (Å²) in [5.74, 6) is -0.157. The van der Waals surface area contributed by atoms with Crippen LogP contribution in [0, 0.1) is 0 Å². The SMILES string of the molecule is CCCCCCCCCCC/C=C/CCCC[C@@H](O)[C@H](CO[C@@H]1O[C@H](CO)[C@@H](O)C(O)C1O)NC(=O)CCCCCCCCCCCC. The molecule has 1 fully saturated rings. The molecule has 48 heavy (non-hydrogen) atoms. The average Bonchev–Trinajstić information content (AvgIpc) is 3.08. The topological polar surface area (TPSA) is 149 Å². The molecule has 0 saturated carbocycles. The largest absolute Gasteiger partial charge is 0.394 e. The highest BCUT2D eigenvalue weighted by atomic mass is 16.7. The number of unbranched alkanes of at least 4 members (excludes halogenated alkanes) is 20. The van der Waals surface area contributed by atoms with Crippen LogP contribution in [-0.2, 0) is 14.3 Å². The lowest BCUT2D eigenvalue weighted by atomic mass is 9.99. The van der Waals surface area contributed by atoms with Gasteiger partial charge in [0.1, 0.15) is 24.4 Å². The van der Waals surface area contributed by atoms with Crippen LogP contribution in [0.3, 0.4) is 0 Å². The van der Waals surface area contributed by atoms with Crippen molar-refractivity contribution in [2.45, 2.75) is 217 Å². The Kier molecular flexibility index (Phi) is 28.8. The summed E-state index contributed by atoms with van der Waals surface area (Å²) in [5, 5.41) is 54.0. The van der Waals surface area contributed by atoms with Crippen molar-refractivity contribution in [3.05, 3.63) is 12.2 Å². The second kappa shape index (κ2) is 30.7. The third-order valence-electron chi connectivity index (χ3n) is 9.62. The Bertz CT molecular complexity index is 766. The monoisotopic (exact) mass is 686 g/mol. The molecule has 1 heterocycles. The highest BCUT2D eigenvalue weighted by molar-refractivity contribution is 5.76. The number of carbonyl (C=O) groups excluding carboxylic acids is 1. The molecule has 0 aromatic rings. The first kappa shape index (κ1) is 45.0. The van der Waals surface area contributed by atoms with E-state index >= 15 is 0 Å². The average molecular weight is 686 g/mol. The van der Waals surface area contributed by atoms with Crippen LogP contribution in [0.25, 0.3) is 0 Å². The third-order valence-corrected chi connectivity index (χ3v) is 9.62. The molecule has 0 aromatic heterocycles. The van der Waals surface area contributed by atoms with E-state index in [0.29, 0.717) is 12.8 Å². The van der Waals surface area contributed by atoms with Crippen molar-refractivity contribution in [1.82, 2.24) is 5.32 Å². The molecular formula is C39H75NO8. The molecule has 1 amide bonds. The molecule has 0 spiro atoms. The van der Waals surface area contributed by atoms with Gasteiger partial charge in [-0.15, -0.1) is 0 Å². The second-order valence-electron chi connectivity index (χ2n) is 14.1. The minimum atomic E-state index is -1.55. The van der Waals surface area contributed by atoms with E-state index < -0.39 is 49.5 Å². The van der Waals surface area contributed by atoms with Crippen molar-refractivity contribution in [3.8, 4) is 0 Å². The molecule has 1 saturated heterocycles. The van der Waals surface area contributed by atoms with Gasteiger partial charge in [0.15, 0.2) is 6.29 Å². The fraction of sp³-hybridized carbons (Fsp3) is 0.923. The first-order chi connectivity index (χ1) is 23.3. The van der Waals surface area contributed by atoms with Gasteiger partial charge in [-0.3, -0.25) is 4.79 Å². The van der Waals surface area contributed by atoms with Crippen LogP contribution in [0.5, 0.6) is 0 Å². The maximum atomic E-state index is 12.8. The Morgan fingerprint density at radius 2 is 1.17 bits per heavy atom. The molecule has 0 aromatic carbocycles. The molecule has 9 nitrogen and oxygen atoms in total. The fourth-order valence-electron chi connectivity index (χ4n) is 6.33. The Morgan fingerprint density at radius 3 is 1.69 bits per heavy atom. The summed E-state index contributed by atoms with van der Waals surface area (Å²) in [4.78, 5) is 12.8. The zero-order valence-corrected chi connectivity index (χ0v) is 30.7. The highest BCUT2D eigenvalue weighted by Crippen LogP contribution is 2.23. The Labute approximate surface area is 293 Å². The van der Waals surface area contributed by atoms with Gasteiger partial charge in [-0.25, -0.2) is 0 Å². The second-order valence-corrected chi connectivity index (χ2v) is 14.1. The number of hydrogen-bond donors (Lipinski definition) is 6. The summed E-state index contributed by atoms with van der Waals surface area (Å²) in [6.07, 6.45) is 25.1. The maximum Gasteiger partial charge on any atom is 0.220 e. The van der Waals surface area contributed by atoms with Crippen LogP contribution in [0.4, 0.5) is 0 Å². The molecule has 1 aliphatic heterocycles. The molecular weight excluding hydrogens is 610 g/mol. The Hall–Kier alpha value is -1.07. The molecule has 7 atom stereocenters. The number of carbonyl (C=O) groups is 1. The predicted molar refractivity (Wildman–Crippen MR) is 194 cm³/mol. The normalized spacial score (nSPS) is 22.7. The zero-order valence-electron chi connectivity index (χ0n) is 30.7. The molecule has 284 valence electrons. The predicted octanol–water partition coefficient (Wildman–Crippen LogP) is 7.00. The molecule has 2 unspecified atom stereocenters. The zero-order chi connectivity index (χ0) is 35.2. The van der Waals surface area contributed by atoms with Crippen LogP contribution in [-0.4, -0.2) is 87.5 Å². The van der Waals surface area contributed by atoms with E-state index in [1.165, 1.54) is 103 Å². The van der Waals surface area contributed by atoms with E-state index in [9.17, 15) is 30.3 Å². The van der Waals surface area contributed by atoms with Crippen molar-refractivity contribution in [2.24, 2.45) is 0 Å². The number of hydrogen-bond acceptors (Lipinski definition) is 8. The highest BCUT2D eigenvalue weighted by Gasteiger charge is 2.44. The minimum absolute atomic E-state index is 0.147. The van der Waals surface area contributed by atoms with E-state index in [1.807, 2.05) is 0 Å². The van der Waals surface area contributed by atoms with E-state index in [2.05, 4.69) is 31.3 Å². The molecule has 6 N–H and O–H groups in total. The van der Waals surface area contributed by atoms with Crippen LogP contribution in [0.1, 0.15) is 174 Å². The minimum Gasteiger partial charge on any atom is -0.394 e. The quantitative estimate of drug-likeness (QED) is 0.0328. The first-order valence-electron chi connectivity index (χ1n) is 19.9. The van der Waals surface area contributed by atoms with Crippen molar-refractivity contribution in [2.75, 3.05) is 13.2 Å². The summed E-state index contributed by atoms with van der Waals surface area (Å²) < 4.78 is 11.2. The number of amides is 1. The summed E-state index contributed by atoms with van der Waals surface area (Å²) in [7, 11) is 0. The van der Waals surface area contributed by atoms with Crippen molar-refractivity contribution >= 4 is 5.91 Å². The smallest absolute Gasteiger partial charge is 0.220 e. The molecule has 1 rings (SSSR count). The molecule has 1 aliphatic rings. The standard InChI is InChI=1S/C39H75NO8/c1-3-5-7-9-11-13-15-16-17-18-19-20-22-24-26-28-33(42)32(31-47-39-38(46)37(45)36(44)34(30-41)48-39)40-35(43)29-27-25-23-21-14-12-10-8-6-4-2/h19-20,32-34,36-39,41-42,44-46H,3-18,21-31H2,1-2H3,(H,40,43)/b20-19+/t32-,33+,34+,36+,37?,38?,39+/m0/s1. The molecule has 0 aliphatic carbocycles. The summed E-state index contributed by atoms with van der Waals surface area (Å²) >= 11 is 0. The Morgan fingerprint density at radius 1 is 0.688 bits per heavy atom. The van der Waals surface area contributed by atoms with Gasteiger partial charge in [-0.1, -0.05) is 142 Å². The van der Waals surface area contributed by atoms with Crippen LogP contribution in [0.2, 0.25) is 0 Å². The van der Waals surface area contributed by atoms with Crippen LogP contribution >= 0.6 is 0 Å². The Balaban J connectivity index is 2.42.